The molecule has 2 rings (SSSR count). The van der Waals surface area contributed by atoms with Gasteiger partial charge in [0.2, 0.25) is 0 Å². The van der Waals surface area contributed by atoms with Crippen molar-refractivity contribution in [3.63, 3.8) is 0 Å². The number of hydrogen-bond donors (Lipinski definition) is 1. The van der Waals surface area contributed by atoms with Crippen LogP contribution < -0.4 is 10.1 Å². The molecule has 104 valence electrons. The van der Waals surface area contributed by atoms with Crippen LogP contribution in [0.15, 0.2) is 42.5 Å². The fourth-order valence-corrected chi connectivity index (χ4v) is 2.14. The van der Waals surface area contributed by atoms with Gasteiger partial charge in [0.05, 0.1) is 18.7 Å². The van der Waals surface area contributed by atoms with Crippen LogP contribution in [0.4, 0.5) is 0 Å². The summed E-state index contributed by atoms with van der Waals surface area (Å²) in [4.78, 5) is 0. The molecule has 2 aromatic rings. The molecule has 0 aliphatic heterocycles. The highest BCUT2D eigenvalue weighted by molar-refractivity contribution is 5.88. The number of ether oxygens (including phenoxy) is 1. The third-order valence-electron chi connectivity index (χ3n) is 3.21. The lowest BCUT2D eigenvalue weighted by Gasteiger charge is -2.13. The maximum Gasteiger partial charge on any atom is 0.127 e. The first-order chi connectivity index (χ1) is 9.85. The number of nitrogens with one attached hydrogen (secondary N) is 1. The lowest BCUT2D eigenvalue weighted by atomic mass is 10.1. The van der Waals surface area contributed by atoms with E-state index >= 15 is 0 Å². The van der Waals surface area contributed by atoms with Crippen LogP contribution in [-0.2, 0) is 0 Å². The zero-order chi connectivity index (χ0) is 14.2. The summed E-state index contributed by atoms with van der Waals surface area (Å²) >= 11 is 0. The lowest BCUT2D eigenvalue weighted by Crippen LogP contribution is -2.29. The number of nitrogens with zero attached hydrogens (tertiary/aromatic N) is 1. The van der Waals surface area contributed by atoms with Gasteiger partial charge >= 0.3 is 0 Å². The second kappa shape index (κ2) is 7.52. The van der Waals surface area contributed by atoms with Crippen LogP contribution in [0, 0.1) is 11.3 Å². The van der Waals surface area contributed by atoms with Crippen LogP contribution in [0.3, 0.4) is 0 Å². The highest BCUT2D eigenvalue weighted by atomic mass is 16.5. The lowest BCUT2D eigenvalue weighted by molar-refractivity contribution is 0.301. The average Bonchev–Trinajstić information content (AvgIpc) is 2.51. The second-order valence-electron chi connectivity index (χ2n) is 4.75. The smallest absolute Gasteiger partial charge is 0.127 e. The largest absolute Gasteiger partial charge is 0.493 e. The molecular formula is C17H20N2O. The van der Waals surface area contributed by atoms with Crippen molar-refractivity contribution in [3.05, 3.63) is 42.5 Å². The number of hydrogen-bond acceptors (Lipinski definition) is 3. The molecule has 3 heteroatoms. The summed E-state index contributed by atoms with van der Waals surface area (Å²) in [6, 6.07) is 16.3. The Hall–Kier alpha value is -2.05. The standard InChI is InChI=1S/C17H20N2O/c1-2-11-19-15(13-18)10-12-20-17-9-5-7-14-6-3-4-8-16(14)17/h3-9,15,19H,2,10-12H2,1H3. The zero-order valence-electron chi connectivity index (χ0n) is 11.8. The molecule has 0 aromatic heterocycles. The average molecular weight is 268 g/mol. The van der Waals surface area contributed by atoms with Gasteiger partial charge in [0, 0.05) is 11.8 Å². The molecule has 3 nitrogen and oxygen atoms in total. The van der Waals surface area contributed by atoms with Crippen molar-refractivity contribution < 1.29 is 4.74 Å². The summed E-state index contributed by atoms with van der Waals surface area (Å²) < 4.78 is 5.84. The normalized spacial score (nSPS) is 12.0. The van der Waals surface area contributed by atoms with Gasteiger partial charge in [-0.3, -0.25) is 0 Å². The first-order valence-electron chi connectivity index (χ1n) is 7.08. The molecule has 0 saturated heterocycles. The minimum absolute atomic E-state index is 0.134. The van der Waals surface area contributed by atoms with Crippen molar-refractivity contribution in [2.75, 3.05) is 13.2 Å². The molecule has 0 heterocycles. The van der Waals surface area contributed by atoms with E-state index in [0.717, 1.165) is 24.1 Å². The Kier molecular flexibility index (Phi) is 5.40. The molecular weight excluding hydrogens is 248 g/mol. The summed E-state index contributed by atoms with van der Waals surface area (Å²) in [5, 5.41) is 14.5. The third-order valence-corrected chi connectivity index (χ3v) is 3.21. The van der Waals surface area contributed by atoms with Crippen LogP contribution in [0.5, 0.6) is 5.75 Å². The summed E-state index contributed by atoms with van der Waals surface area (Å²) in [5.41, 5.74) is 0. The zero-order valence-corrected chi connectivity index (χ0v) is 11.8. The van der Waals surface area contributed by atoms with Crippen LogP contribution in [0.1, 0.15) is 19.8 Å². The topological polar surface area (TPSA) is 45.0 Å². The monoisotopic (exact) mass is 268 g/mol. The van der Waals surface area contributed by atoms with Gasteiger partial charge in [-0.15, -0.1) is 0 Å². The van der Waals surface area contributed by atoms with E-state index in [1.807, 2.05) is 24.3 Å². The Balaban J connectivity index is 1.94. The predicted octanol–water partition coefficient (Wildman–Crippen LogP) is 3.50. The molecule has 0 spiro atoms. The first-order valence-corrected chi connectivity index (χ1v) is 7.08. The van der Waals surface area contributed by atoms with Crippen LogP contribution >= 0.6 is 0 Å². The van der Waals surface area contributed by atoms with E-state index in [1.165, 1.54) is 5.39 Å². The van der Waals surface area contributed by atoms with Gasteiger partial charge in [0.15, 0.2) is 0 Å². The van der Waals surface area contributed by atoms with E-state index in [4.69, 9.17) is 10.00 Å². The second-order valence-corrected chi connectivity index (χ2v) is 4.75. The summed E-state index contributed by atoms with van der Waals surface area (Å²) in [7, 11) is 0. The summed E-state index contributed by atoms with van der Waals surface area (Å²) in [6.45, 7) is 3.50. The SMILES string of the molecule is CCCNC(C#N)CCOc1cccc2ccccc12. The number of fused-ring (bicyclic) bond motifs is 1. The predicted molar refractivity (Wildman–Crippen MR) is 81.8 cm³/mol. The molecule has 0 aliphatic rings. The first kappa shape index (κ1) is 14.4. The van der Waals surface area contributed by atoms with E-state index < -0.39 is 0 Å². The van der Waals surface area contributed by atoms with Crippen molar-refractivity contribution in [2.45, 2.75) is 25.8 Å². The summed E-state index contributed by atoms with van der Waals surface area (Å²) in [5.74, 6) is 0.885. The molecule has 0 saturated carbocycles. The number of rotatable bonds is 7. The number of nitriles is 1. The number of benzene rings is 2. The molecule has 20 heavy (non-hydrogen) atoms. The van der Waals surface area contributed by atoms with Crippen molar-refractivity contribution in [2.24, 2.45) is 0 Å². The third kappa shape index (κ3) is 3.72. The van der Waals surface area contributed by atoms with Gasteiger partial charge in [-0.2, -0.15) is 5.26 Å². The minimum atomic E-state index is -0.134. The molecule has 0 radical (unpaired) electrons. The van der Waals surface area contributed by atoms with Gasteiger partial charge in [0.1, 0.15) is 5.75 Å². The van der Waals surface area contributed by atoms with Gasteiger partial charge in [-0.05, 0) is 24.4 Å². The van der Waals surface area contributed by atoms with Crippen LogP contribution in [0.2, 0.25) is 0 Å². The highest BCUT2D eigenvalue weighted by Gasteiger charge is 2.07. The van der Waals surface area contributed by atoms with Crippen molar-refractivity contribution >= 4 is 10.8 Å². The van der Waals surface area contributed by atoms with E-state index in [9.17, 15) is 0 Å². The van der Waals surface area contributed by atoms with E-state index in [1.54, 1.807) is 0 Å². The Labute approximate surface area is 120 Å². The molecule has 1 unspecified atom stereocenters. The molecule has 1 N–H and O–H groups in total. The van der Waals surface area contributed by atoms with Gasteiger partial charge in [0.25, 0.3) is 0 Å². The Bertz CT molecular complexity index is 584. The molecule has 1 atom stereocenters. The Morgan fingerprint density at radius 3 is 2.80 bits per heavy atom. The Morgan fingerprint density at radius 1 is 1.20 bits per heavy atom. The van der Waals surface area contributed by atoms with Crippen molar-refractivity contribution in [3.8, 4) is 11.8 Å². The van der Waals surface area contributed by atoms with Gasteiger partial charge in [-0.25, -0.2) is 0 Å². The molecule has 0 bridgehead atoms. The maximum atomic E-state index is 9.05. The quantitative estimate of drug-likeness (QED) is 0.836. The molecule has 0 aliphatic carbocycles. The van der Waals surface area contributed by atoms with Crippen LogP contribution in [-0.4, -0.2) is 19.2 Å². The molecule has 0 amide bonds. The molecule has 0 fully saturated rings. The van der Waals surface area contributed by atoms with Crippen molar-refractivity contribution in [1.29, 1.82) is 5.26 Å². The fraction of sp³-hybridized carbons (Fsp3) is 0.353. The molecule has 2 aromatic carbocycles. The Morgan fingerprint density at radius 2 is 2.00 bits per heavy atom. The minimum Gasteiger partial charge on any atom is -0.493 e. The van der Waals surface area contributed by atoms with Gasteiger partial charge in [-0.1, -0.05) is 43.3 Å². The van der Waals surface area contributed by atoms with Crippen molar-refractivity contribution in [1.82, 2.24) is 5.32 Å². The maximum absolute atomic E-state index is 9.05. The highest BCUT2D eigenvalue weighted by Crippen LogP contribution is 2.25. The fourth-order valence-electron chi connectivity index (χ4n) is 2.14. The van der Waals surface area contributed by atoms with Gasteiger partial charge < -0.3 is 10.1 Å². The van der Waals surface area contributed by atoms with Crippen LogP contribution in [0.25, 0.3) is 10.8 Å². The van der Waals surface area contributed by atoms with E-state index in [2.05, 4.69) is 36.5 Å². The van der Waals surface area contributed by atoms with E-state index in [-0.39, 0.29) is 6.04 Å². The van der Waals surface area contributed by atoms with E-state index in [0.29, 0.717) is 13.0 Å². The summed E-state index contributed by atoms with van der Waals surface area (Å²) in [6.07, 6.45) is 1.72.